The van der Waals surface area contributed by atoms with Crippen LogP contribution in [0.25, 0.3) is 0 Å². The van der Waals surface area contributed by atoms with Crippen molar-refractivity contribution in [1.29, 1.82) is 0 Å². The van der Waals surface area contributed by atoms with Gasteiger partial charge in [-0.3, -0.25) is 14.4 Å². The van der Waals surface area contributed by atoms with Crippen molar-refractivity contribution in [3.63, 3.8) is 0 Å². The monoisotopic (exact) mass is 331 g/mol. The first-order valence-corrected chi connectivity index (χ1v) is 7.27. The van der Waals surface area contributed by atoms with E-state index in [-0.39, 0.29) is 12.1 Å². The van der Waals surface area contributed by atoms with Crippen molar-refractivity contribution in [3.8, 4) is 0 Å². The Morgan fingerprint density at radius 3 is 2.46 bits per heavy atom. The number of nitrogens with one attached hydrogen (secondary N) is 1. The van der Waals surface area contributed by atoms with E-state index in [1.54, 1.807) is 32.9 Å². The maximum Gasteiger partial charge on any atom is 0.264 e. The molecule has 0 atom stereocenters. The number of carbonyl (C=O) groups is 2. The van der Waals surface area contributed by atoms with Crippen LogP contribution in [0, 0.1) is 26.6 Å². The van der Waals surface area contributed by atoms with Gasteiger partial charge >= 0.3 is 0 Å². The molecular formula is C17H18FN3O3. The molecule has 0 fully saturated rings. The quantitative estimate of drug-likeness (QED) is 0.892. The molecule has 6 nitrogen and oxygen atoms in total. The zero-order chi connectivity index (χ0) is 18.0. The minimum atomic E-state index is -0.840. The summed E-state index contributed by atoms with van der Waals surface area (Å²) in [6.07, 6.45) is 0. The molecule has 0 aliphatic rings. The van der Waals surface area contributed by atoms with E-state index >= 15 is 0 Å². The number of rotatable bonds is 4. The number of primary amides is 1. The van der Waals surface area contributed by atoms with Gasteiger partial charge in [0.15, 0.2) is 0 Å². The number of hydrogen-bond donors (Lipinski definition) is 2. The fourth-order valence-electron chi connectivity index (χ4n) is 2.49. The Morgan fingerprint density at radius 1 is 1.17 bits per heavy atom. The summed E-state index contributed by atoms with van der Waals surface area (Å²) in [6, 6.07) is 5.65. The number of pyridine rings is 1. The van der Waals surface area contributed by atoms with E-state index < -0.39 is 23.2 Å². The van der Waals surface area contributed by atoms with Crippen LogP contribution in [0.2, 0.25) is 0 Å². The fourth-order valence-corrected chi connectivity index (χ4v) is 2.49. The first-order chi connectivity index (χ1) is 11.2. The molecule has 0 unspecified atom stereocenters. The minimum absolute atomic E-state index is 0.143. The van der Waals surface area contributed by atoms with Crippen molar-refractivity contribution in [2.75, 3.05) is 5.32 Å². The van der Waals surface area contributed by atoms with Gasteiger partial charge in [-0.1, -0.05) is 6.07 Å². The van der Waals surface area contributed by atoms with Gasteiger partial charge in [0.25, 0.3) is 11.5 Å². The van der Waals surface area contributed by atoms with Gasteiger partial charge in [0, 0.05) is 11.4 Å². The van der Waals surface area contributed by atoms with Crippen molar-refractivity contribution < 1.29 is 14.0 Å². The first-order valence-electron chi connectivity index (χ1n) is 7.27. The Labute approximate surface area is 138 Å². The maximum absolute atomic E-state index is 13.3. The molecule has 2 aromatic rings. The van der Waals surface area contributed by atoms with Crippen molar-refractivity contribution in [2.45, 2.75) is 27.3 Å². The Kier molecular flexibility index (Phi) is 4.82. The van der Waals surface area contributed by atoms with Gasteiger partial charge < -0.3 is 15.6 Å². The van der Waals surface area contributed by atoms with Gasteiger partial charge in [0.2, 0.25) is 5.91 Å². The zero-order valence-electron chi connectivity index (χ0n) is 13.6. The summed E-state index contributed by atoms with van der Waals surface area (Å²) in [5.74, 6) is -1.82. The molecule has 2 rings (SSSR count). The summed E-state index contributed by atoms with van der Waals surface area (Å²) in [7, 11) is 0. The van der Waals surface area contributed by atoms with Crippen LogP contribution in [0.5, 0.6) is 0 Å². The molecule has 7 heteroatoms. The van der Waals surface area contributed by atoms with E-state index in [0.29, 0.717) is 22.5 Å². The van der Waals surface area contributed by atoms with Gasteiger partial charge in [-0.2, -0.15) is 0 Å². The Hall–Kier alpha value is -2.96. The molecule has 2 amide bonds. The van der Waals surface area contributed by atoms with Crippen LogP contribution in [0.1, 0.15) is 27.2 Å². The third-order valence-electron chi connectivity index (χ3n) is 3.73. The number of carbonyl (C=O) groups excluding carboxylic acids is 2. The van der Waals surface area contributed by atoms with Gasteiger partial charge in [-0.05, 0) is 50.1 Å². The number of nitrogens with zero attached hydrogens (tertiary/aromatic N) is 1. The molecule has 0 saturated carbocycles. The van der Waals surface area contributed by atoms with Crippen LogP contribution in [0.4, 0.5) is 10.1 Å². The fraction of sp³-hybridized carbons (Fsp3) is 0.235. The van der Waals surface area contributed by atoms with Crippen LogP contribution < -0.4 is 16.6 Å². The predicted octanol–water partition coefficient (Wildman–Crippen LogP) is 1.65. The van der Waals surface area contributed by atoms with Gasteiger partial charge in [0.1, 0.15) is 17.9 Å². The summed E-state index contributed by atoms with van der Waals surface area (Å²) < 4.78 is 14.4. The molecule has 0 bridgehead atoms. The lowest BCUT2D eigenvalue weighted by atomic mass is 10.1. The van der Waals surface area contributed by atoms with Crippen molar-refractivity contribution >= 4 is 17.5 Å². The van der Waals surface area contributed by atoms with Crippen LogP contribution in [0.15, 0.2) is 29.1 Å². The number of hydrogen-bond acceptors (Lipinski definition) is 3. The second-order valence-corrected chi connectivity index (χ2v) is 5.61. The van der Waals surface area contributed by atoms with Crippen molar-refractivity contribution in [2.24, 2.45) is 5.73 Å². The first kappa shape index (κ1) is 17.4. The lowest BCUT2D eigenvalue weighted by Gasteiger charge is -2.14. The van der Waals surface area contributed by atoms with Crippen molar-refractivity contribution in [1.82, 2.24) is 4.57 Å². The summed E-state index contributed by atoms with van der Waals surface area (Å²) >= 11 is 0. The lowest BCUT2D eigenvalue weighted by Crippen LogP contribution is -2.35. The second kappa shape index (κ2) is 6.66. The Balaban J connectivity index is 2.33. The largest absolute Gasteiger partial charge is 0.365 e. The van der Waals surface area contributed by atoms with Crippen LogP contribution in [0.3, 0.4) is 0 Å². The zero-order valence-corrected chi connectivity index (χ0v) is 13.6. The van der Waals surface area contributed by atoms with Crippen LogP contribution in [-0.4, -0.2) is 16.4 Å². The lowest BCUT2D eigenvalue weighted by molar-refractivity contribution is -0.116. The molecule has 0 spiro atoms. The highest BCUT2D eigenvalue weighted by atomic mass is 19.1. The van der Waals surface area contributed by atoms with Gasteiger partial charge in [-0.25, -0.2) is 4.39 Å². The topological polar surface area (TPSA) is 94.2 Å². The van der Waals surface area contributed by atoms with Gasteiger partial charge in [-0.15, -0.1) is 0 Å². The predicted molar refractivity (Wildman–Crippen MR) is 88.5 cm³/mol. The Bertz CT molecular complexity index is 887. The summed E-state index contributed by atoms with van der Waals surface area (Å²) in [6.45, 7) is 4.68. The maximum atomic E-state index is 13.3. The second-order valence-electron chi connectivity index (χ2n) is 5.61. The standard InChI is InChI=1S/C17H18FN3O3/c1-9-4-5-12(18)7-13(9)20-14(22)8-21-11(3)6-10(2)15(16(19)23)17(21)24/h4-7H,8H2,1-3H3,(H2,19,23)(H,20,22). The summed E-state index contributed by atoms with van der Waals surface area (Å²) in [4.78, 5) is 36.0. The smallest absolute Gasteiger partial charge is 0.264 e. The average molecular weight is 331 g/mol. The molecule has 0 saturated heterocycles. The molecule has 0 aliphatic carbocycles. The highest BCUT2D eigenvalue weighted by Crippen LogP contribution is 2.16. The molecule has 0 aliphatic heterocycles. The molecule has 0 radical (unpaired) electrons. The molecular weight excluding hydrogens is 313 g/mol. The molecule has 126 valence electrons. The van der Waals surface area contributed by atoms with E-state index in [2.05, 4.69) is 5.32 Å². The molecule has 1 aromatic carbocycles. The number of nitrogens with two attached hydrogens (primary N) is 1. The number of benzene rings is 1. The number of aromatic nitrogens is 1. The SMILES string of the molecule is Cc1ccc(F)cc1NC(=O)Cn1c(C)cc(C)c(C(N)=O)c1=O. The van der Waals surface area contributed by atoms with Gasteiger partial charge in [0.05, 0.1) is 0 Å². The number of amides is 2. The molecule has 3 N–H and O–H groups in total. The molecule has 1 heterocycles. The highest BCUT2D eigenvalue weighted by Gasteiger charge is 2.17. The number of halogens is 1. The minimum Gasteiger partial charge on any atom is -0.365 e. The van der Waals surface area contributed by atoms with Crippen LogP contribution >= 0.6 is 0 Å². The number of anilines is 1. The third kappa shape index (κ3) is 3.51. The summed E-state index contributed by atoms with van der Waals surface area (Å²) in [5.41, 5.74) is 6.47. The molecule has 1 aromatic heterocycles. The number of aryl methyl sites for hydroxylation is 3. The van der Waals surface area contributed by atoms with E-state index in [4.69, 9.17) is 5.73 Å². The van der Waals surface area contributed by atoms with E-state index in [0.717, 1.165) is 4.57 Å². The van der Waals surface area contributed by atoms with E-state index in [1.807, 2.05) is 0 Å². The Morgan fingerprint density at radius 2 is 1.83 bits per heavy atom. The average Bonchev–Trinajstić information content (AvgIpc) is 2.46. The van der Waals surface area contributed by atoms with Crippen LogP contribution in [-0.2, 0) is 11.3 Å². The third-order valence-corrected chi connectivity index (χ3v) is 3.73. The van der Waals surface area contributed by atoms with E-state index in [1.165, 1.54) is 12.1 Å². The highest BCUT2D eigenvalue weighted by molar-refractivity contribution is 5.94. The normalized spacial score (nSPS) is 10.5. The van der Waals surface area contributed by atoms with Crippen molar-refractivity contribution in [3.05, 3.63) is 62.8 Å². The molecule has 24 heavy (non-hydrogen) atoms. The van der Waals surface area contributed by atoms with E-state index in [9.17, 15) is 18.8 Å². The summed E-state index contributed by atoms with van der Waals surface area (Å²) in [5, 5.41) is 2.56.